The molecular weight excluding hydrogens is 324 g/mol. The lowest BCUT2D eigenvalue weighted by Gasteiger charge is -2.04. The van der Waals surface area contributed by atoms with E-state index >= 15 is 0 Å². The highest BCUT2D eigenvalue weighted by Crippen LogP contribution is 2.28. The molecular formula is C13H13BrN4S. The Labute approximate surface area is 124 Å². The summed E-state index contributed by atoms with van der Waals surface area (Å²) in [5.74, 6) is 0. The Morgan fingerprint density at radius 1 is 1.42 bits per heavy atom. The van der Waals surface area contributed by atoms with Gasteiger partial charge >= 0.3 is 0 Å². The Hall–Kier alpha value is -1.27. The van der Waals surface area contributed by atoms with Crippen molar-refractivity contribution in [1.29, 1.82) is 0 Å². The van der Waals surface area contributed by atoms with Gasteiger partial charge in [0, 0.05) is 16.4 Å². The molecule has 6 heteroatoms. The molecule has 0 fully saturated rings. The molecule has 0 atom stereocenters. The van der Waals surface area contributed by atoms with Crippen LogP contribution >= 0.6 is 28.1 Å². The van der Waals surface area contributed by atoms with Crippen LogP contribution in [0.4, 0.5) is 0 Å². The summed E-state index contributed by atoms with van der Waals surface area (Å²) in [6, 6.07) is 6.22. The average Bonchev–Trinajstić information content (AvgIpc) is 2.69. The number of H-pyrrole nitrogens is 1. The van der Waals surface area contributed by atoms with Crippen LogP contribution in [0.5, 0.6) is 0 Å². The number of aromatic nitrogens is 4. The van der Waals surface area contributed by atoms with Crippen LogP contribution < -0.4 is 0 Å². The average molecular weight is 337 g/mol. The first kappa shape index (κ1) is 12.7. The van der Waals surface area contributed by atoms with Crippen LogP contribution in [0.3, 0.4) is 0 Å². The van der Waals surface area contributed by atoms with Crippen molar-refractivity contribution in [2.75, 3.05) is 0 Å². The molecule has 19 heavy (non-hydrogen) atoms. The number of hydrogen-bond acceptors (Lipinski definition) is 3. The van der Waals surface area contributed by atoms with Crippen molar-refractivity contribution >= 4 is 50.2 Å². The highest BCUT2D eigenvalue weighted by atomic mass is 79.9. The number of benzene rings is 1. The van der Waals surface area contributed by atoms with Crippen molar-refractivity contribution in [2.45, 2.75) is 26.3 Å². The number of nitrogens with zero attached hydrogens (tertiary/aromatic N) is 3. The molecule has 0 bridgehead atoms. The Kier molecular flexibility index (Phi) is 3.36. The van der Waals surface area contributed by atoms with Crippen molar-refractivity contribution in [3.05, 3.63) is 27.4 Å². The van der Waals surface area contributed by atoms with Gasteiger partial charge in [-0.2, -0.15) is 10.1 Å². The van der Waals surface area contributed by atoms with Crippen molar-refractivity contribution < 1.29 is 0 Å². The summed E-state index contributed by atoms with van der Waals surface area (Å²) in [4.78, 5) is 4.44. The minimum Gasteiger partial charge on any atom is -0.324 e. The molecule has 0 aliphatic carbocycles. The molecule has 4 nitrogen and oxygen atoms in total. The van der Waals surface area contributed by atoms with Crippen LogP contribution in [0.1, 0.15) is 19.8 Å². The van der Waals surface area contributed by atoms with Gasteiger partial charge in [-0.1, -0.05) is 29.3 Å². The lowest BCUT2D eigenvalue weighted by atomic mass is 10.2. The SMILES string of the molecule is CCCCn1c2ccc(Br)cc2c2n[nH]c(=S)nc21. The summed E-state index contributed by atoms with van der Waals surface area (Å²) < 4.78 is 3.67. The second-order valence-corrected chi connectivity index (χ2v) is 5.78. The van der Waals surface area contributed by atoms with Gasteiger partial charge in [0.15, 0.2) is 5.65 Å². The van der Waals surface area contributed by atoms with E-state index < -0.39 is 0 Å². The molecule has 0 aliphatic rings. The number of fused-ring (bicyclic) bond motifs is 3. The quantitative estimate of drug-likeness (QED) is 0.729. The van der Waals surface area contributed by atoms with E-state index in [1.165, 1.54) is 0 Å². The first-order valence-electron chi connectivity index (χ1n) is 6.25. The number of rotatable bonds is 3. The fourth-order valence-electron chi connectivity index (χ4n) is 2.29. The van der Waals surface area contributed by atoms with Gasteiger partial charge in [-0.3, -0.25) is 5.10 Å². The van der Waals surface area contributed by atoms with Gasteiger partial charge in [-0.25, -0.2) is 0 Å². The molecule has 0 amide bonds. The number of aryl methyl sites for hydroxylation is 1. The summed E-state index contributed by atoms with van der Waals surface area (Å²) >= 11 is 8.60. The predicted octanol–water partition coefficient (Wildman–Crippen LogP) is 4.20. The zero-order valence-electron chi connectivity index (χ0n) is 10.5. The molecule has 0 saturated carbocycles. The van der Waals surface area contributed by atoms with E-state index in [-0.39, 0.29) is 0 Å². The lowest BCUT2D eigenvalue weighted by molar-refractivity contribution is 0.659. The van der Waals surface area contributed by atoms with Gasteiger partial charge < -0.3 is 4.57 Å². The maximum Gasteiger partial charge on any atom is 0.215 e. The topological polar surface area (TPSA) is 46.5 Å². The molecule has 2 heterocycles. The van der Waals surface area contributed by atoms with Gasteiger partial charge in [-0.05, 0) is 36.8 Å². The molecule has 3 aromatic rings. The number of unbranched alkanes of at least 4 members (excludes halogenated alkanes) is 1. The standard InChI is InChI=1S/C13H13BrN4S/c1-2-3-6-18-10-5-4-8(14)7-9(10)11-12(18)15-13(19)17-16-11/h4-5,7H,2-3,6H2,1H3,(H,15,17,19). The molecule has 0 spiro atoms. The zero-order chi connectivity index (χ0) is 13.4. The summed E-state index contributed by atoms with van der Waals surface area (Å²) in [5.41, 5.74) is 2.90. The highest BCUT2D eigenvalue weighted by molar-refractivity contribution is 9.10. The largest absolute Gasteiger partial charge is 0.324 e. The molecule has 0 radical (unpaired) electrons. The number of halogens is 1. The number of nitrogens with one attached hydrogen (secondary N) is 1. The molecule has 1 aromatic carbocycles. The van der Waals surface area contributed by atoms with E-state index in [1.807, 2.05) is 6.07 Å². The molecule has 2 aromatic heterocycles. The second kappa shape index (κ2) is 5.02. The van der Waals surface area contributed by atoms with E-state index in [0.717, 1.165) is 45.9 Å². The summed E-state index contributed by atoms with van der Waals surface area (Å²) in [6.45, 7) is 3.12. The van der Waals surface area contributed by atoms with Crippen molar-refractivity contribution in [2.24, 2.45) is 0 Å². The van der Waals surface area contributed by atoms with Crippen LogP contribution in [0.2, 0.25) is 0 Å². The van der Waals surface area contributed by atoms with E-state index in [2.05, 4.69) is 54.7 Å². The van der Waals surface area contributed by atoms with Crippen LogP contribution in [0.25, 0.3) is 22.1 Å². The van der Waals surface area contributed by atoms with Gasteiger partial charge in [-0.15, -0.1) is 0 Å². The fourth-order valence-corrected chi connectivity index (χ4v) is 2.78. The third kappa shape index (κ3) is 2.19. The van der Waals surface area contributed by atoms with Crippen LogP contribution in [-0.2, 0) is 6.54 Å². The third-order valence-electron chi connectivity index (χ3n) is 3.18. The fraction of sp³-hybridized carbons (Fsp3) is 0.308. The van der Waals surface area contributed by atoms with Crippen molar-refractivity contribution in [3.8, 4) is 0 Å². The lowest BCUT2D eigenvalue weighted by Crippen LogP contribution is -1.99. The highest BCUT2D eigenvalue weighted by Gasteiger charge is 2.13. The maximum atomic E-state index is 5.09. The Bertz CT molecular complexity index is 805. The van der Waals surface area contributed by atoms with E-state index in [9.17, 15) is 0 Å². The summed E-state index contributed by atoms with van der Waals surface area (Å²) in [5, 5.41) is 8.22. The Morgan fingerprint density at radius 2 is 2.26 bits per heavy atom. The van der Waals surface area contributed by atoms with E-state index in [1.54, 1.807) is 0 Å². The zero-order valence-corrected chi connectivity index (χ0v) is 12.9. The maximum absolute atomic E-state index is 5.09. The minimum absolute atomic E-state index is 0.423. The Balaban J connectivity index is 2.39. The molecule has 98 valence electrons. The number of aromatic amines is 1. The normalized spacial score (nSPS) is 11.5. The van der Waals surface area contributed by atoms with Gasteiger partial charge in [0.05, 0.1) is 5.52 Å². The van der Waals surface area contributed by atoms with Gasteiger partial charge in [0.2, 0.25) is 4.77 Å². The predicted molar refractivity (Wildman–Crippen MR) is 82.8 cm³/mol. The number of hydrogen-bond donors (Lipinski definition) is 1. The van der Waals surface area contributed by atoms with Crippen LogP contribution in [0.15, 0.2) is 22.7 Å². The third-order valence-corrected chi connectivity index (χ3v) is 3.85. The van der Waals surface area contributed by atoms with Crippen molar-refractivity contribution in [3.63, 3.8) is 0 Å². The van der Waals surface area contributed by atoms with Crippen molar-refractivity contribution in [1.82, 2.24) is 19.7 Å². The molecule has 0 aliphatic heterocycles. The van der Waals surface area contributed by atoms with E-state index in [4.69, 9.17) is 12.2 Å². The van der Waals surface area contributed by atoms with Crippen LogP contribution in [-0.4, -0.2) is 19.7 Å². The first-order chi connectivity index (χ1) is 9.20. The molecule has 0 saturated heterocycles. The minimum atomic E-state index is 0.423. The Morgan fingerprint density at radius 3 is 3.05 bits per heavy atom. The second-order valence-electron chi connectivity index (χ2n) is 4.48. The molecule has 1 N–H and O–H groups in total. The molecule has 0 unspecified atom stereocenters. The smallest absolute Gasteiger partial charge is 0.215 e. The summed E-state index contributed by atoms with van der Waals surface area (Å²) in [6.07, 6.45) is 2.26. The van der Waals surface area contributed by atoms with E-state index in [0.29, 0.717) is 4.77 Å². The molecule has 3 rings (SSSR count). The monoisotopic (exact) mass is 336 g/mol. The van der Waals surface area contributed by atoms with Crippen LogP contribution in [0, 0.1) is 4.77 Å². The first-order valence-corrected chi connectivity index (χ1v) is 7.45. The van der Waals surface area contributed by atoms with Gasteiger partial charge in [0.25, 0.3) is 0 Å². The van der Waals surface area contributed by atoms with Gasteiger partial charge in [0.1, 0.15) is 5.52 Å². The summed E-state index contributed by atoms with van der Waals surface area (Å²) in [7, 11) is 0.